The zero-order chi connectivity index (χ0) is 18.4. The highest BCUT2D eigenvalue weighted by Crippen LogP contribution is 2.24. The zero-order valence-electron chi connectivity index (χ0n) is 15.0. The van der Waals surface area contributed by atoms with E-state index in [0.29, 0.717) is 12.2 Å². The Morgan fingerprint density at radius 1 is 1.04 bits per heavy atom. The number of likely N-dealkylation sites (N-methyl/N-ethyl adjacent to an activating group) is 1. The lowest BCUT2D eigenvalue weighted by molar-refractivity contribution is 0.0729. The molecule has 5 heteroatoms. The average molecular weight is 345 g/mol. The molecule has 0 saturated carbocycles. The highest BCUT2D eigenvalue weighted by Gasteiger charge is 2.21. The minimum absolute atomic E-state index is 0.120. The lowest BCUT2D eigenvalue weighted by Crippen LogP contribution is -2.35. The van der Waals surface area contributed by atoms with Gasteiger partial charge in [-0.1, -0.05) is 18.2 Å². The van der Waals surface area contributed by atoms with Crippen LogP contribution in [-0.2, 0) is 17.8 Å². The maximum atomic E-state index is 10.6. The molecule has 2 aromatic carbocycles. The minimum Gasteiger partial charge on any atom is -0.508 e. The van der Waals surface area contributed by atoms with Gasteiger partial charge in [0.25, 0.3) is 0 Å². The molecular formula is C20H27NO4. The molecule has 5 nitrogen and oxygen atoms in total. The van der Waals surface area contributed by atoms with E-state index in [2.05, 4.69) is 4.90 Å². The number of aromatic hydroxyl groups is 2. The number of hydrogen-bond acceptors (Lipinski definition) is 5. The quantitative estimate of drug-likeness (QED) is 0.686. The Balaban J connectivity index is 2.02. The summed E-state index contributed by atoms with van der Waals surface area (Å²) >= 11 is 0. The smallest absolute Gasteiger partial charge is 0.115 e. The van der Waals surface area contributed by atoms with Gasteiger partial charge in [-0.2, -0.15) is 0 Å². The van der Waals surface area contributed by atoms with Crippen molar-refractivity contribution in [2.75, 3.05) is 20.7 Å². The molecule has 0 amide bonds. The number of benzene rings is 2. The Bertz CT molecular complexity index is 689. The van der Waals surface area contributed by atoms with Crippen molar-refractivity contribution in [3.8, 4) is 11.5 Å². The van der Waals surface area contributed by atoms with Crippen LogP contribution in [0.5, 0.6) is 11.5 Å². The lowest BCUT2D eigenvalue weighted by atomic mass is 10.0. The van der Waals surface area contributed by atoms with Crippen molar-refractivity contribution in [2.45, 2.75) is 32.1 Å². The summed E-state index contributed by atoms with van der Waals surface area (Å²) < 4.78 is 5.21. The number of methoxy groups -OCH3 is 1. The fourth-order valence-corrected chi connectivity index (χ4v) is 2.87. The van der Waals surface area contributed by atoms with Crippen LogP contribution in [-0.4, -0.2) is 47.0 Å². The van der Waals surface area contributed by atoms with Crippen LogP contribution in [0.3, 0.4) is 0 Å². The minimum atomic E-state index is -0.695. The Hall–Kier alpha value is -2.08. The molecule has 0 fully saturated rings. The summed E-state index contributed by atoms with van der Waals surface area (Å²) in [4.78, 5) is 2.06. The second-order valence-electron chi connectivity index (χ2n) is 6.40. The highest BCUT2D eigenvalue weighted by molar-refractivity contribution is 5.35. The molecule has 0 spiro atoms. The van der Waals surface area contributed by atoms with Gasteiger partial charge in [-0.05, 0) is 61.3 Å². The van der Waals surface area contributed by atoms with Gasteiger partial charge in [0, 0.05) is 19.7 Å². The summed E-state index contributed by atoms with van der Waals surface area (Å²) in [6.07, 6.45) is 0.0421. The van der Waals surface area contributed by atoms with Crippen molar-refractivity contribution in [2.24, 2.45) is 0 Å². The Labute approximate surface area is 149 Å². The van der Waals surface area contributed by atoms with Crippen molar-refractivity contribution in [1.29, 1.82) is 0 Å². The largest absolute Gasteiger partial charge is 0.508 e. The van der Waals surface area contributed by atoms with E-state index >= 15 is 0 Å². The number of ether oxygens (including phenoxy) is 1. The van der Waals surface area contributed by atoms with Crippen LogP contribution in [0.2, 0.25) is 0 Å². The Kier molecular flexibility index (Phi) is 6.82. The summed E-state index contributed by atoms with van der Waals surface area (Å²) in [6, 6.07) is 11.9. The van der Waals surface area contributed by atoms with Gasteiger partial charge in [0.05, 0.1) is 12.7 Å². The number of phenolic OH excluding ortho intramolecular Hbond substituents is 2. The van der Waals surface area contributed by atoms with Gasteiger partial charge in [0.1, 0.15) is 11.5 Å². The molecule has 0 saturated heterocycles. The van der Waals surface area contributed by atoms with Crippen LogP contribution in [0.25, 0.3) is 0 Å². The Morgan fingerprint density at radius 2 is 1.76 bits per heavy atom. The first kappa shape index (κ1) is 19.2. The summed E-state index contributed by atoms with van der Waals surface area (Å²) in [5.41, 5.74) is 2.78. The maximum absolute atomic E-state index is 10.6. The standard InChI is InChI=1S/C20H27NO4/c1-14(20(24)16-5-4-6-18(22)12-16)21(2)10-9-15-11-19(23)8-7-17(15)13-25-3/h4-8,11-12,14,20,22-24H,9-10,13H2,1-3H3. The van der Waals surface area contributed by atoms with E-state index in [1.165, 1.54) is 0 Å². The predicted molar refractivity (Wildman–Crippen MR) is 97.7 cm³/mol. The molecule has 2 atom stereocenters. The highest BCUT2D eigenvalue weighted by atomic mass is 16.5. The molecule has 0 aromatic heterocycles. The molecule has 2 unspecified atom stereocenters. The monoisotopic (exact) mass is 345 g/mol. The molecule has 0 aliphatic rings. The zero-order valence-corrected chi connectivity index (χ0v) is 15.0. The fourth-order valence-electron chi connectivity index (χ4n) is 2.87. The van der Waals surface area contributed by atoms with Crippen LogP contribution in [0.15, 0.2) is 42.5 Å². The van der Waals surface area contributed by atoms with E-state index < -0.39 is 6.10 Å². The van der Waals surface area contributed by atoms with Crippen LogP contribution in [0.1, 0.15) is 29.7 Å². The second kappa shape index (κ2) is 8.85. The van der Waals surface area contributed by atoms with Gasteiger partial charge >= 0.3 is 0 Å². The van der Waals surface area contributed by atoms with Crippen molar-refractivity contribution < 1.29 is 20.1 Å². The molecule has 0 radical (unpaired) electrons. The lowest BCUT2D eigenvalue weighted by Gasteiger charge is -2.29. The van der Waals surface area contributed by atoms with Crippen molar-refractivity contribution in [3.05, 3.63) is 59.2 Å². The number of aliphatic hydroxyl groups is 1. The van der Waals surface area contributed by atoms with Crippen LogP contribution >= 0.6 is 0 Å². The summed E-state index contributed by atoms with van der Waals surface area (Å²) in [5, 5.41) is 29.9. The molecule has 0 heterocycles. The fraction of sp³-hybridized carbons (Fsp3) is 0.400. The van der Waals surface area contributed by atoms with Gasteiger partial charge in [0.15, 0.2) is 0 Å². The van der Waals surface area contributed by atoms with Gasteiger partial charge in [0.2, 0.25) is 0 Å². The van der Waals surface area contributed by atoms with E-state index in [4.69, 9.17) is 4.74 Å². The van der Waals surface area contributed by atoms with Crippen molar-refractivity contribution in [1.82, 2.24) is 4.90 Å². The molecule has 0 aliphatic heterocycles. The van der Waals surface area contributed by atoms with E-state index in [0.717, 1.165) is 24.1 Å². The predicted octanol–water partition coefficient (Wildman–Crippen LogP) is 2.84. The molecule has 0 bridgehead atoms. The van der Waals surface area contributed by atoms with Gasteiger partial charge in [-0.15, -0.1) is 0 Å². The number of aliphatic hydroxyl groups excluding tert-OH is 1. The summed E-state index contributed by atoms with van der Waals surface area (Å²) in [6.45, 7) is 3.17. The van der Waals surface area contributed by atoms with Crippen LogP contribution in [0.4, 0.5) is 0 Å². The normalized spacial score (nSPS) is 13.8. The molecule has 3 N–H and O–H groups in total. The SMILES string of the molecule is COCc1ccc(O)cc1CCN(C)C(C)C(O)c1cccc(O)c1. The van der Waals surface area contributed by atoms with Gasteiger partial charge < -0.3 is 25.0 Å². The first-order valence-corrected chi connectivity index (χ1v) is 8.39. The number of phenols is 2. The Morgan fingerprint density at radius 3 is 2.44 bits per heavy atom. The van der Waals surface area contributed by atoms with Crippen molar-refractivity contribution >= 4 is 0 Å². The second-order valence-corrected chi connectivity index (χ2v) is 6.40. The number of hydrogen-bond donors (Lipinski definition) is 3. The first-order chi connectivity index (χ1) is 11.9. The summed E-state index contributed by atoms with van der Waals surface area (Å²) in [5.74, 6) is 0.390. The average Bonchev–Trinajstić information content (AvgIpc) is 2.60. The van der Waals surface area contributed by atoms with Crippen molar-refractivity contribution in [3.63, 3.8) is 0 Å². The van der Waals surface area contributed by atoms with Crippen LogP contribution < -0.4 is 0 Å². The molecule has 25 heavy (non-hydrogen) atoms. The summed E-state index contributed by atoms with van der Waals surface area (Å²) in [7, 11) is 3.60. The third-order valence-electron chi connectivity index (χ3n) is 4.59. The van der Waals surface area contributed by atoms with E-state index in [-0.39, 0.29) is 17.5 Å². The van der Waals surface area contributed by atoms with Gasteiger partial charge in [-0.25, -0.2) is 0 Å². The third-order valence-corrected chi connectivity index (χ3v) is 4.59. The molecule has 2 aromatic rings. The van der Waals surface area contributed by atoms with Gasteiger partial charge in [-0.3, -0.25) is 0 Å². The van der Waals surface area contributed by atoms with E-state index in [1.807, 2.05) is 20.0 Å². The number of rotatable bonds is 8. The van der Waals surface area contributed by atoms with E-state index in [9.17, 15) is 15.3 Å². The topological polar surface area (TPSA) is 73.2 Å². The van der Waals surface area contributed by atoms with E-state index in [1.54, 1.807) is 43.5 Å². The van der Waals surface area contributed by atoms with Crippen LogP contribution in [0, 0.1) is 0 Å². The third kappa shape index (κ3) is 5.19. The molecule has 136 valence electrons. The molecule has 2 rings (SSSR count). The molecular weight excluding hydrogens is 318 g/mol. The maximum Gasteiger partial charge on any atom is 0.115 e. The molecule has 0 aliphatic carbocycles. The first-order valence-electron chi connectivity index (χ1n) is 8.39. The number of nitrogens with zero attached hydrogens (tertiary/aromatic N) is 1.